The third-order valence-corrected chi connectivity index (χ3v) is 4.72. The Hall–Kier alpha value is -1.17. The van der Waals surface area contributed by atoms with Crippen molar-refractivity contribution < 1.29 is 24.5 Å². The van der Waals surface area contributed by atoms with E-state index in [4.69, 9.17) is 9.47 Å². The zero-order valence-electron chi connectivity index (χ0n) is 11.7. The molecule has 0 aromatic carbocycles. The van der Waals surface area contributed by atoms with Gasteiger partial charge in [-0.1, -0.05) is 6.58 Å². The predicted octanol–water partition coefficient (Wildman–Crippen LogP) is 0.704. The average molecular weight is 280 g/mol. The molecule has 20 heavy (non-hydrogen) atoms. The number of fused-ring (bicyclic) bond motifs is 2. The summed E-state index contributed by atoms with van der Waals surface area (Å²) in [4.78, 5) is 11.7. The van der Waals surface area contributed by atoms with Crippen molar-refractivity contribution in [3.05, 3.63) is 23.8 Å². The van der Waals surface area contributed by atoms with E-state index >= 15 is 0 Å². The van der Waals surface area contributed by atoms with Gasteiger partial charge in [0.05, 0.1) is 29.8 Å². The minimum absolute atomic E-state index is 0.0571. The van der Waals surface area contributed by atoms with Crippen LogP contribution in [0.3, 0.4) is 0 Å². The minimum atomic E-state index is -0.742. The molecule has 3 rings (SSSR count). The van der Waals surface area contributed by atoms with Gasteiger partial charge in [0, 0.05) is 18.4 Å². The molecule has 0 spiro atoms. The van der Waals surface area contributed by atoms with E-state index in [9.17, 15) is 15.0 Å². The first-order valence-corrected chi connectivity index (χ1v) is 6.94. The molecule has 0 bridgehead atoms. The van der Waals surface area contributed by atoms with Crippen molar-refractivity contribution in [2.45, 2.75) is 56.7 Å². The highest BCUT2D eigenvalue weighted by molar-refractivity contribution is 5.91. The number of epoxide rings is 1. The Kier molecular flexibility index (Phi) is 3.04. The monoisotopic (exact) mass is 280 g/mol. The lowest BCUT2D eigenvalue weighted by atomic mass is 9.82. The number of aliphatic hydroxyl groups is 2. The Balaban J connectivity index is 1.96. The molecule has 0 saturated carbocycles. The van der Waals surface area contributed by atoms with Crippen molar-refractivity contribution in [2.75, 3.05) is 0 Å². The lowest BCUT2D eigenvalue weighted by molar-refractivity contribution is -0.137. The molecule has 3 aliphatic rings. The fourth-order valence-electron chi connectivity index (χ4n) is 3.26. The van der Waals surface area contributed by atoms with Gasteiger partial charge in [-0.25, -0.2) is 4.79 Å². The summed E-state index contributed by atoms with van der Waals surface area (Å²) in [6.45, 7) is 7.45. The number of hydrogen-bond donors (Lipinski definition) is 2. The maximum atomic E-state index is 11.7. The summed E-state index contributed by atoms with van der Waals surface area (Å²) in [6, 6.07) is 0. The normalized spacial score (nSPS) is 48.0. The predicted molar refractivity (Wildman–Crippen MR) is 70.8 cm³/mol. The van der Waals surface area contributed by atoms with Crippen molar-refractivity contribution in [2.24, 2.45) is 5.92 Å². The van der Waals surface area contributed by atoms with Crippen LogP contribution in [0.1, 0.15) is 26.7 Å². The maximum absolute atomic E-state index is 11.7. The smallest absolute Gasteiger partial charge is 0.334 e. The van der Waals surface area contributed by atoms with E-state index in [-0.39, 0.29) is 6.10 Å². The Labute approximate surface area is 117 Å². The highest BCUT2D eigenvalue weighted by atomic mass is 16.6. The summed E-state index contributed by atoms with van der Waals surface area (Å²) >= 11 is 0. The van der Waals surface area contributed by atoms with Gasteiger partial charge in [-0.15, -0.1) is 0 Å². The summed E-state index contributed by atoms with van der Waals surface area (Å²) in [5.41, 5.74) is 0.589. The molecular formula is C15H20O5. The minimum Gasteiger partial charge on any atom is -0.454 e. The van der Waals surface area contributed by atoms with Crippen LogP contribution >= 0.6 is 0 Å². The second kappa shape index (κ2) is 4.41. The Morgan fingerprint density at radius 3 is 2.85 bits per heavy atom. The van der Waals surface area contributed by atoms with Gasteiger partial charge in [0.25, 0.3) is 0 Å². The molecule has 2 saturated heterocycles. The van der Waals surface area contributed by atoms with Crippen molar-refractivity contribution in [3.63, 3.8) is 0 Å². The Bertz CT molecular complexity index is 496. The first kappa shape index (κ1) is 13.8. The summed E-state index contributed by atoms with van der Waals surface area (Å²) in [7, 11) is 0. The number of hydrogen-bond acceptors (Lipinski definition) is 5. The molecular weight excluding hydrogens is 260 g/mol. The van der Waals surface area contributed by atoms with Gasteiger partial charge < -0.3 is 19.7 Å². The second-order valence-corrected chi connectivity index (χ2v) is 6.27. The van der Waals surface area contributed by atoms with Gasteiger partial charge in [0.1, 0.15) is 6.10 Å². The molecule has 2 aliphatic heterocycles. The molecule has 0 radical (unpaired) electrons. The second-order valence-electron chi connectivity index (χ2n) is 6.27. The average Bonchev–Trinajstić information content (AvgIpc) is 2.87. The van der Waals surface area contributed by atoms with Gasteiger partial charge in [-0.05, 0) is 25.5 Å². The third-order valence-electron chi connectivity index (χ3n) is 4.72. The Morgan fingerprint density at radius 2 is 2.15 bits per heavy atom. The molecule has 2 N–H and O–H groups in total. The zero-order valence-corrected chi connectivity index (χ0v) is 11.7. The van der Waals surface area contributed by atoms with Crippen LogP contribution in [0.5, 0.6) is 0 Å². The molecule has 0 amide bonds. The lowest BCUT2D eigenvalue weighted by Crippen LogP contribution is -2.34. The van der Waals surface area contributed by atoms with Crippen LogP contribution < -0.4 is 0 Å². The first-order chi connectivity index (χ1) is 9.32. The highest BCUT2D eigenvalue weighted by Crippen LogP contribution is 2.46. The van der Waals surface area contributed by atoms with Gasteiger partial charge >= 0.3 is 5.97 Å². The van der Waals surface area contributed by atoms with E-state index in [0.717, 1.165) is 5.57 Å². The zero-order chi connectivity index (χ0) is 14.7. The van der Waals surface area contributed by atoms with Crippen LogP contribution in [0.2, 0.25) is 0 Å². The molecule has 5 heteroatoms. The molecule has 110 valence electrons. The molecule has 2 heterocycles. The first-order valence-electron chi connectivity index (χ1n) is 6.94. The molecule has 0 aromatic heterocycles. The maximum Gasteiger partial charge on any atom is 0.334 e. The van der Waals surface area contributed by atoms with Crippen molar-refractivity contribution in [1.29, 1.82) is 0 Å². The summed E-state index contributed by atoms with van der Waals surface area (Å²) in [5, 5.41) is 20.6. The standard InChI is InChI=1S/C15H20O5/c1-7-4-11-13(8(2)14(18)19-11)10(17)6-15(3)12(20-15)5-9(7)16/h4,9-13,16-17H,2,5-6H2,1,3H3. The molecule has 0 aromatic rings. The highest BCUT2D eigenvalue weighted by Gasteiger charge is 2.56. The van der Waals surface area contributed by atoms with Crippen LogP contribution in [-0.4, -0.2) is 46.2 Å². The number of rotatable bonds is 0. The van der Waals surface area contributed by atoms with E-state index in [1.54, 1.807) is 13.0 Å². The number of ether oxygens (including phenoxy) is 2. The number of aliphatic hydroxyl groups excluding tert-OH is 2. The SMILES string of the molecule is C=C1C(=O)OC2C=C(C)C(O)CC3OC3(C)CC(O)C12. The van der Waals surface area contributed by atoms with Crippen LogP contribution in [0.15, 0.2) is 23.8 Å². The van der Waals surface area contributed by atoms with Crippen LogP contribution in [0.25, 0.3) is 0 Å². The molecule has 1 aliphatic carbocycles. The quantitative estimate of drug-likeness (QED) is 0.295. The summed E-state index contributed by atoms with van der Waals surface area (Å²) < 4.78 is 10.9. The van der Waals surface area contributed by atoms with E-state index in [1.165, 1.54) is 0 Å². The van der Waals surface area contributed by atoms with Crippen molar-refractivity contribution in [3.8, 4) is 0 Å². The van der Waals surface area contributed by atoms with E-state index in [1.807, 2.05) is 6.92 Å². The van der Waals surface area contributed by atoms with Crippen LogP contribution in [0.4, 0.5) is 0 Å². The van der Waals surface area contributed by atoms with E-state index in [0.29, 0.717) is 18.4 Å². The van der Waals surface area contributed by atoms with Gasteiger partial charge in [0.15, 0.2) is 0 Å². The largest absolute Gasteiger partial charge is 0.454 e. The summed E-state index contributed by atoms with van der Waals surface area (Å²) in [6.07, 6.45) is 0.654. The summed E-state index contributed by atoms with van der Waals surface area (Å²) in [5.74, 6) is -0.945. The van der Waals surface area contributed by atoms with Crippen molar-refractivity contribution in [1.82, 2.24) is 0 Å². The number of esters is 1. The third kappa shape index (κ3) is 2.10. The van der Waals surface area contributed by atoms with Gasteiger partial charge in [-0.3, -0.25) is 0 Å². The van der Waals surface area contributed by atoms with Crippen molar-refractivity contribution >= 4 is 5.97 Å². The van der Waals surface area contributed by atoms with E-state index < -0.39 is 35.8 Å². The van der Waals surface area contributed by atoms with Crippen LogP contribution in [0, 0.1) is 5.92 Å². The number of carbonyl (C=O) groups excluding carboxylic acids is 1. The molecule has 6 atom stereocenters. The Morgan fingerprint density at radius 1 is 1.45 bits per heavy atom. The van der Waals surface area contributed by atoms with Gasteiger partial charge in [0.2, 0.25) is 0 Å². The molecule has 2 fully saturated rings. The van der Waals surface area contributed by atoms with Gasteiger partial charge in [-0.2, -0.15) is 0 Å². The van der Waals surface area contributed by atoms with E-state index in [2.05, 4.69) is 6.58 Å². The van der Waals surface area contributed by atoms with Crippen LogP contribution in [-0.2, 0) is 14.3 Å². The topological polar surface area (TPSA) is 79.3 Å². The lowest BCUT2D eigenvalue weighted by Gasteiger charge is -2.25. The number of carbonyl (C=O) groups is 1. The fourth-order valence-corrected chi connectivity index (χ4v) is 3.26. The molecule has 5 nitrogen and oxygen atoms in total. The fraction of sp³-hybridized carbons (Fsp3) is 0.667. The molecule has 6 unspecified atom stereocenters.